The zero-order valence-electron chi connectivity index (χ0n) is 10.9. The van der Waals surface area contributed by atoms with Crippen LogP contribution in [0.4, 0.5) is 5.69 Å². The summed E-state index contributed by atoms with van der Waals surface area (Å²) in [6.07, 6.45) is 0.374. The van der Waals surface area contributed by atoms with Gasteiger partial charge < -0.3 is 9.64 Å². The van der Waals surface area contributed by atoms with Crippen LogP contribution in [-0.2, 0) is 4.79 Å². The van der Waals surface area contributed by atoms with E-state index in [2.05, 4.69) is 26.0 Å². The van der Waals surface area contributed by atoms with Crippen molar-refractivity contribution in [1.29, 1.82) is 0 Å². The number of benzene rings is 1. The molecule has 3 nitrogen and oxygen atoms in total. The summed E-state index contributed by atoms with van der Waals surface area (Å²) in [5, 5.41) is 0. The van der Waals surface area contributed by atoms with Crippen LogP contribution in [0.25, 0.3) is 0 Å². The quantitative estimate of drug-likeness (QED) is 0.746. The van der Waals surface area contributed by atoms with Crippen molar-refractivity contribution in [1.82, 2.24) is 0 Å². The Morgan fingerprint density at radius 3 is 2.76 bits per heavy atom. The SMILES string of the molecule is CC1CC(=O)N(C)c2cc(C(C)C)ccc2O1. The van der Waals surface area contributed by atoms with Crippen molar-refractivity contribution < 1.29 is 9.53 Å². The summed E-state index contributed by atoms with van der Waals surface area (Å²) in [6.45, 7) is 6.21. The van der Waals surface area contributed by atoms with Crippen molar-refractivity contribution in [3.63, 3.8) is 0 Å². The van der Waals surface area contributed by atoms with Gasteiger partial charge in [-0.2, -0.15) is 0 Å². The minimum absolute atomic E-state index is 0.0592. The first-order valence-electron chi connectivity index (χ1n) is 6.06. The number of hydrogen-bond donors (Lipinski definition) is 0. The number of ether oxygens (including phenoxy) is 1. The molecule has 0 spiro atoms. The average molecular weight is 233 g/mol. The molecule has 0 N–H and O–H groups in total. The fourth-order valence-corrected chi connectivity index (χ4v) is 2.03. The molecule has 3 heteroatoms. The van der Waals surface area contributed by atoms with E-state index in [4.69, 9.17) is 4.74 Å². The van der Waals surface area contributed by atoms with Crippen molar-refractivity contribution in [3.8, 4) is 5.75 Å². The lowest BCUT2D eigenvalue weighted by molar-refractivity contribution is -0.119. The highest BCUT2D eigenvalue weighted by atomic mass is 16.5. The second kappa shape index (κ2) is 4.40. The first-order valence-corrected chi connectivity index (χ1v) is 6.06. The number of rotatable bonds is 1. The van der Waals surface area contributed by atoms with Gasteiger partial charge in [0, 0.05) is 7.05 Å². The Balaban J connectivity index is 2.47. The minimum Gasteiger partial charge on any atom is -0.488 e. The van der Waals surface area contributed by atoms with Crippen LogP contribution >= 0.6 is 0 Å². The molecule has 0 fully saturated rings. The van der Waals surface area contributed by atoms with Gasteiger partial charge in [-0.3, -0.25) is 4.79 Å². The highest BCUT2D eigenvalue weighted by molar-refractivity contribution is 5.95. The van der Waals surface area contributed by atoms with Gasteiger partial charge >= 0.3 is 0 Å². The highest BCUT2D eigenvalue weighted by Gasteiger charge is 2.24. The Bertz CT molecular complexity index is 440. The average Bonchev–Trinajstić information content (AvgIpc) is 2.37. The topological polar surface area (TPSA) is 29.5 Å². The maximum Gasteiger partial charge on any atom is 0.230 e. The Morgan fingerprint density at radius 1 is 1.41 bits per heavy atom. The van der Waals surface area contributed by atoms with Crippen molar-refractivity contribution in [3.05, 3.63) is 23.8 Å². The van der Waals surface area contributed by atoms with Gasteiger partial charge in [-0.1, -0.05) is 19.9 Å². The van der Waals surface area contributed by atoms with Gasteiger partial charge in [-0.15, -0.1) is 0 Å². The molecule has 1 unspecified atom stereocenters. The fourth-order valence-electron chi connectivity index (χ4n) is 2.03. The van der Waals surface area contributed by atoms with E-state index in [1.165, 1.54) is 5.56 Å². The zero-order chi connectivity index (χ0) is 12.6. The van der Waals surface area contributed by atoms with Crippen molar-refractivity contribution in [2.45, 2.75) is 39.2 Å². The van der Waals surface area contributed by atoms with E-state index in [0.29, 0.717) is 12.3 Å². The van der Waals surface area contributed by atoms with E-state index in [1.807, 2.05) is 20.0 Å². The lowest BCUT2D eigenvalue weighted by Crippen LogP contribution is -2.27. The molecule has 1 aromatic rings. The normalized spacial score (nSPS) is 19.9. The third-order valence-electron chi connectivity index (χ3n) is 3.18. The molecule has 1 aromatic carbocycles. The van der Waals surface area contributed by atoms with Crippen molar-refractivity contribution >= 4 is 11.6 Å². The number of carbonyl (C=O) groups excluding carboxylic acids is 1. The molecule has 0 bridgehead atoms. The van der Waals surface area contributed by atoms with Crippen LogP contribution in [0, 0.1) is 0 Å². The molecule has 1 atom stereocenters. The van der Waals surface area contributed by atoms with Gasteiger partial charge in [0.2, 0.25) is 5.91 Å². The van der Waals surface area contributed by atoms with Crippen molar-refractivity contribution in [2.24, 2.45) is 0 Å². The second-order valence-electron chi connectivity index (χ2n) is 4.97. The predicted octanol–water partition coefficient (Wildman–Crippen LogP) is 2.94. The van der Waals surface area contributed by atoms with Crippen LogP contribution in [-0.4, -0.2) is 19.1 Å². The van der Waals surface area contributed by atoms with Crippen LogP contribution < -0.4 is 9.64 Å². The Labute approximate surface area is 102 Å². The molecule has 2 rings (SSSR count). The number of amides is 1. The third-order valence-corrected chi connectivity index (χ3v) is 3.18. The molecule has 92 valence electrons. The van der Waals surface area contributed by atoms with E-state index >= 15 is 0 Å². The Hall–Kier alpha value is -1.51. The van der Waals surface area contributed by atoms with Crippen LogP contribution in [0.15, 0.2) is 18.2 Å². The first kappa shape index (κ1) is 12.0. The van der Waals surface area contributed by atoms with E-state index < -0.39 is 0 Å². The molecular formula is C14H19NO2. The number of nitrogens with zero attached hydrogens (tertiary/aromatic N) is 1. The van der Waals surface area contributed by atoms with Gasteiger partial charge in [0.15, 0.2) is 0 Å². The molecule has 0 saturated heterocycles. The van der Waals surface area contributed by atoms with E-state index in [0.717, 1.165) is 11.4 Å². The van der Waals surface area contributed by atoms with E-state index in [9.17, 15) is 4.79 Å². The smallest absolute Gasteiger partial charge is 0.230 e. The molecule has 1 aliphatic rings. The zero-order valence-corrected chi connectivity index (χ0v) is 10.9. The second-order valence-corrected chi connectivity index (χ2v) is 4.97. The maximum absolute atomic E-state index is 11.9. The molecule has 1 amide bonds. The van der Waals surface area contributed by atoms with Gasteiger partial charge in [0.1, 0.15) is 11.9 Å². The summed E-state index contributed by atoms with van der Waals surface area (Å²) in [4.78, 5) is 13.6. The summed E-state index contributed by atoms with van der Waals surface area (Å²) in [7, 11) is 1.81. The molecule has 17 heavy (non-hydrogen) atoms. The lowest BCUT2D eigenvalue weighted by atomic mass is 10.0. The monoisotopic (exact) mass is 233 g/mol. The van der Waals surface area contributed by atoms with Crippen LogP contribution in [0.1, 0.15) is 38.7 Å². The summed E-state index contributed by atoms with van der Waals surface area (Å²) in [6, 6.07) is 6.09. The molecule has 0 saturated carbocycles. The highest BCUT2D eigenvalue weighted by Crippen LogP contribution is 2.34. The first-order chi connectivity index (χ1) is 7.99. The van der Waals surface area contributed by atoms with Crippen molar-refractivity contribution in [2.75, 3.05) is 11.9 Å². The molecular weight excluding hydrogens is 214 g/mol. The Kier molecular flexibility index (Phi) is 3.09. The summed E-state index contributed by atoms with van der Waals surface area (Å²) < 4.78 is 5.77. The molecule has 0 aliphatic carbocycles. The van der Waals surface area contributed by atoms with E-state index in [-0.39, 0.29) is 12.0 Å². The maximum atomic E-state index is 11.9. The number of anilines is 1. The number of carbonyl (C=O) groups is 1. The largest absolute Gasteiger partial charge is 0.488 e. The van der Waals surface area contributed by atoms with Crippen LogP contribution in [0.3, 0.4) is 0 Å². The Morgan fingerprint density at radius 2 is 2.12 bits per heavy atom. The van der Waals surface area contributed by atoms with Gasteiger partial charge in [-0.25, -0.2) is 0 Å². The molecule has 0 aromatic heterocycles. The summed E-state index contributed by atoms with van der Waals surface area (Å²) in [5.41, 5.74) is 2.10. The summed E-state index contributed by atoms with van der Waals surface area (Å²) >= 11 is 0. The number of fused-ring (bicyclic) bond motifs is 1. The molecule has 1 aliphatic heterocycles. The standard InChI is InChI=1S/C14H19NO2/c1-9(2)11-5-6-13-12(8-11)15(4)14(16)7-10(3)17-13/h5-6,8-10H,7H2,1-4H3. The fraction of sp³-hybridized carbons (Fsp3) is 0.500. The van der Waals surface area contributed by atoms with Gasteiger partial charge in [-0.05, 0) is 30.5 Å². The predicted molar refractivity (Wildman–Crippen MR) is 68.6 cm³/mol. The molecule has 1 heterocycles. The van der Waals surface area contributed by atoms with Gasteiger partial charge in [0.25, 0.3) is 0 Å². The van der Waals surface area contributed by atoms with E-state index in [1.54, 1.807) is 4.90 Å². The minimum atomic E-state index is -0.0592. The van der Waals surface area contributed by atoms with Gasteiger partial charge in [0.05, 0.1) is 12.1 Å². The lowest BCUT2D eigenvalue weighted by Gasteiger charge is -2.18. The third kappa shape index (κ3) is 2.28. The number of hydrogen-bond acceptors (Lipinski definition) is 2. The van der Waals surface area contributed by atoms with Crippen LogP contribution in [0.5, 0.6) is 5.75 Å². The summed E-state index contributed by atoms with van der Waals surface area (Å²) in [5.74, 6) is 1.36. The molecule has 0 radical (unpaired) electrons. The van der Waals surface area contributed by atoms with Crippen LogP contribution in [0.2, 0.25) is 0 Å².